The maximum atomic E-state index is 12.9. The number of aryl methyl sites for hydroxylation is 1. The first-order chi connectivity index (χ1) is 12.1. The lowest BCUT2D eigenvalue weighted by atomic mass is 10.0. The molecule has 0 spiro atoms. The van der Waals surface area contributed by atoms with Crippen LogP contribution in [0.2, 0.25) is 0 Å². The number of furan rings is 1. The average molecular weight is 330 g/mol. The molecule has 3 rings (SSSR count). The van der Waals surface area contributed by atoms with Gasteiger partial charge in [-0.3, -0.25) is 4.79 Å². The molecule has 0 unspecified atom stereocenters. The van der Waals surface area contributed by atoms with E-state index < -0.39 is 0 Å². The van der Waals surface area contributed by atoms with E-state index in [0.717, 1.165) is 11.3 Å². The quantitative estimate of drug-likeness (QED) is 0.387. The molecule has 0 atom stereocenters. The van der Waals surface area contributed by atoms with Crippen molar-refractivity contribution in [1.29, 1.82) is 0 Å². The number of benzene rings is 2. The predicted molar refractivity (Wildman–Crippen MR) is 99.4 cm³/mol. The third-order valence-corrected chi connectivity index (χ3v) is 3.70. The fourth-order valence-corrected chi connectivity index (χ4v) is 2.36. The second-order valence-electron chi connectivity index (χ2n) is 5.61. The highest BCUT2D eigenvalue weighted by Gasteiger charge is 2.16. The molecule has 25 heavy (non-hydrogen) atoms. The van der Waals surface area contributed by atoms with Gasteiger partial charge in [0, 0.05) is 11.1 Å². The van der Waals surface area contributed by atoms with E-state index in [2.05, 4.69) is 10.2 Å². The molecule has 0 saturated heterocycles. The lowest BCUT2D eigenvalue weighted by Gasteiger charge is -2.05. The normalized spacial score (nSPS) is 12.2. The van der Waals surface area contributed by atoms with Crippen LogP contribution in [0, 0.1) is 6.92 Å². The third-order valence-electron chi connectivity index (χ3n) is 3.70. The van der Waals surface area contributed by atoms with E-state index in [1.807, 2.05) is 67.6 Å². The van der Waals surface area contributed by atoms with E-state index in [4.69, 9.17) is 4.42 Å². The number of rotatable bonds is 5. The molecule has 2 aromatic carbocycles. The van der Waals surface area contributed by atoms with Crippen molar-refractivity contribution in [2.75, 3.05) is 0 Å². The third kappa shape index (κ3) is 3.98. The number of ketones is 1. The molecule has 4 heteroatoms. The van der Waals surface area contributed by atoms with Crippen LogP contribution >= 0.6 is 0 Å². The first-order valence-electron chi connectivity index (χ1n) is 7.99. The molecular weight excluding hydrogens is 312 g/mol. The Kier molecular flexibility index (Phi) is 5.00. The van der Waals surface area contributed by atoms with Crippen LogP contribution in [0.1, 0.15) is 34.4 Å². The van der Waals surface area contributed by atoms with E-state index in [9.17, 15) is 4.79 Å². The smallest absolute Gasteiger partial charge is 0.213 e. The van der Waals surface area contributed by atoms with Gasteiger partial charge in [0.05, 0.1) is 0 Å². The lowest BCUT2D eigenvalue weighted by Crippen LogP contribution is -2.15. The summed E-state index contributed by atoms with van der Waals surface area (Å²) in [7, 11) is 0. The van der Waals surface area contributed by atoms with Crippen molar-refractivity contribution in [1.82, 2.24) is 0 Å². The van der Waals surface area contributed by atoms with Gasteiger partial charge in [0.15, 0.2) is 0 Å². The molecule has 1 aromatic heterocycles. The van der Waals surface area contributed by atoms with Crippen molar-refractivity contribution in [3.05, 3.63) is 95.4 Å². The largest absolute Gasteiger partial charge is 0.460 e. The molecule has 0 bridgehead atoms. The first kappa shape index (κ1) is 16.6. The summed E-state index contributed by atoms with van der Waals surface area (Å²) in [5, 5.41) is 8.47. The number of hydrogen-bond acceptors (Lipinski definition) is 4. The Labute approximate surface area is 146 Å². The molecule has 1 heterocycles. The van der Waals surface area contributed by atoms with Crippen LogP contribution < -0.4 is 0 Å². The molecule has 0 radical (unpaired) electrons. The van der Waals surface area contributed by atoms with Crippen molar-refractivity contribution in [2.45, 2.75) is 13.8 Å². The number of Topliss-reactive ketones (excluding diaryl/α,β-unsaturated/α-hetero) is 1. The van der Waals surface area contributed by atoms with Crippen molar-refractivity contribution >= 4 is 17.2 Å². The van der Waals surface area contributed by atoms with Gasteiger partial charge in [-0.2, -0.15) is 5.10 Å². The molecular formula is C21H18N2O2. The van der Waals surface area contributed by atoms with Gasteiger partial charge in [-0.15, -0.1) is 5.10 Å². The van der Waals surface area contributed by atoms with Crippen molar-refractivity contribution in [3.8, 4) is 0 Å². The van der Waals surface area contributed by atoms with E-state index >= 15 is 0 Å². The summed E-state index contributed by atoms with van der Waals surface area (Å²) in [5.41, 5.74) is 2.21. The topological polar surface area (TPSA) is 54.9 Å². The van der Waals surface area contributed by atoms with Crippen molar-refractivity contribution in [3.63, 3.8) is 0 Å². The molecule has 3 aromatic rings. The zero-order valence-electron chi connectivity index (χ0n) is 14.1. The zero-order valence-corrected chi connectivity index (χ0v) is 14.1. The summed E-state index contributed by atoms with van der Waals surface area (Å²) < 4.78 is 5.54. The molecule has 124 valence electrons. The minimum Gasteiger partial charge on any atom is -0.460 e. The Hall–Kier alpha value is -3.27. The maximum absolute atomic E-state index is 12.9. The average Bonchev–Trinajstić information content (AvgIpc) is 3.10. The highest BCUT2D eigenvalue weighted by Crippen LogP contribution is 2.11. The summed E-state index contributed by atoms with van der Waals surface area (Å²) >= 11 is 0. The fourth-order valence-electron chi connectivity index (χ4n) is 2.36. The summed E-state index contributed by atoms with van der Waals surface area (Å²) in [5.74, 6) is 1.27. The Morgan fingerprint density at radius 3 is 1.96 bits per heavy atom. The van der Waals surface area contributed by atoms with Crippen LogP contribution in [0.4, 0.5) is 0 Å². The molecule has 0 saturated carbocycles. The molecule has 0 amide bonds. The zero-order chi connectivity index (χ0) is 17.6. The van der Waals surface area contributed by atoms with Crippen molar-refractivity contribution in [2.24, 2.45) is 10.2 Å². The van der Waals surface area contributed by atoms with Gasteiger partial charge in [0.2, 0.25) is 5.78 Å². The van der Waals surface area contributed by atoms with E-state index in [-0.39, 0.29) is 5.78 Å². The Morgan fingerprint density at radius 2 is 1.40 bits per heavy atom. The monoisotopic (exact) mass is 330 g/mol. The van der Waals surface area contributed by atoms with Crippen LogP contribution in [-0.4, -0.2) is 17.2 Å². The van der Waals surface area contributed by atoms with E-state index in [1.165, 1.54) is 0 Å². The van der Waals surface area contributed by atoms with Gasteiger partial charge in [-0.1, -0.05) is 60.7 Å². The summed E-state index contributed by atoms with van der Waals surface area (Å²) in [4.78, 5) is 12.9. The van der Waals surface area contributed by atoms with Crippen molar-refractivity contribution < 1.29 is 9.21 Å². The predicted octanol–water partition coefficient (Wildman–Crippen LogP) is 4.68. The van der Waals surface area contributed by atoms with Gasteiger partial charge in [-0.25, -0.2) is 0 Å². The second kappa shape index (κ2) is 7.53. The summed E-state index contributed by atoms with van der Waals surface area (Å²) in [6, 6.07) is 22.1. The number of carbonyl (C=O) groups excluding carboxylic acids is 1. The van der Waals surface area contributed by atoms with Gasteiger partial charge in [0.25, 0.3) is 0 Å². The summed E-state index contributed by atoms with van der Waals surface area (Å²) in [6.07, 6.45) is 0. The van der Waals surface area contributed by atoms with Gasteiger partial charge in [0.1, 0.15) is 22.9 Å². The van der Waals surface area contributed by atoms with Crippen LogP contribution in [0.5, 0.6) is 0 Å². The lowest BCUT2D eigenvalue weighted by molar-refractivity contribution is 0.106. The molecule has 0 aliphatic rings. The highest BCUT2D eigenvalue weighted by atomic mass is 16.3. The maximum Gasteiger partial charge on any atom is 0.213 e. The molecule has 0 aliphatic heterocycles. The van der Waals surface area contributed by atoms with Crippen LogP contribution in [0.3, 0.4) is 0 Å². The van der Waals surface area contributed by atoms with E-state index in [1.54, 1.807) is 19.1 Å². The molecule has 4 nitrogen and oxygen atoms in total. The Morgan fingerprint density at radius 1 is 0.800 bits per heavy atom. The first-order valence-corrected chi connectivity index (χ1v) is 7.99. The Bertz CT molecular complexity index is 923. The fraction of sp³-hybridized carbons (Fsp3) is 0.0952. The minimum atomic E-state index is -0.168. The van der Waals surface area contributed by atoms with Crippen LogP contribution in [0.15, 0.2) is 87.4 Å². The Balaban J connectivity index is 2.01. The molecule has 0 fully saturated rings. The summed E-state index contributed by atoms with van der Waals surface area (Å²) in [6.45, 7) is 3.67. The number of carbonyl (C=O) groups is 1. The SMILES string of the molecule is C/C(=N/N=C(\C(=O)c1ccccc1)c1ccccc1)c1ccc(C)o1. The second-order valence-corrected chi connectivity index (χ2v) is 5.61. The van der Waals surface area contributed by atoms with Gasteiger partial charge >= 0.3 is 0 Å². The highest BCUT2D eigenvalue weighted by molar-refractivity contribution is 6.51. The van der Waals surface area contributed by atoms with Crippen LogP contribution in [0.25, 0.3) is 0 Å². The number of hydrogen-bond donors (Lipinski definition) is 0. The minimum absolute atomic E-state index is 0.168. The van der Waals surface area contributed by atoms with E-state index in [0.29, 0.717) is 22.7 Å². The number of nitrogens with zero attached hydrogens (tertiary/aromatic N) is 2. The molecule has 0 N–H and O–H groups in total. The van der Waals surface area contributed by atoms with Gasteiger partial charge < -0.3 is 4.42 Å². The van der Waals surface area contributed by atoms with Gasteiger partial charge in [-0.05, 0) is 26.0 Å². The standard InChI is InChI=1S/C21H18N2O2/c1-15-13-14-19(25-15)16(2)22-23-20(17-9-5-3-6-10-17)21(24)18-11-7-4-8-12-18/h3-14H,1-2H3/b22-16-,23-20-. The molecule has 0 aliphatic carbocycles. The van der Waals surface area contributed by atoms with Crippen LogP contribution in [-0.2, 0) is 0 Å².